The molecule has 0 saturated heterocycles. The molecular weight excluding hydrogens is 162 g/mol. The van der Waals surface area contributed by atoms with E-state index in [4.69, 9.17) is 4.74 Å². The Morgan fingerprint density at radius 3 is 2.69 bits per heavy atom. The lowest BCUT2D eigenvalue weighted by Crippen LogP contribution is -2.16. The molecule has 1 heterocycles. The van der Waals surface area contributed by atoms with Crippen LogP contribution in [0.5, 0.6) is 5.75 Å². The van der Waals surface area contributed by atoms with Gasteiger partial charge in [0.1, 0.15) is 5.75 Å². The number of benzene rings is 1. The van der Waals surface area contributed by atoms with E-state index in [1.807, 2.05) is 6.07 Å². The number of hydrogen-bond acceptors (Lipinski definition) is 2. The van der Waals surface area contributed by atoms with Crippen LogP contribution in [0.15, 0.2) is 18.2 Å². The van der Waals surface area contributed by atoms with Gasteiger partial charge in [-0.15, -0.1) is 0 Å². The van der Waals surface area contributed by atoms with Gasteiger partial charge in [-0.2, -0.15) is 0 Å². The van der Waals surface area contributed by atoms with E-state index in [1.54, 1.807) is 7.11 Å². The van der Waals surface area contributed by atoms with Gasteiger partial charge in [-0.1, -0.05) is 6.07 Å². The van der Waals surface area contributed by atoms with Gasteiger partial charge in [-0.05, 0) is 49.2 Å². The van der Waals surface area contributed by atoms with Gasteiger partial charge in [0.05, 0.1) is 7.11 Å². The molecule has 70 valence electrons. The molecule has 13 heavy (non-hydrogen) atoms. The van der Waals surface area contributed by atoms with E-state index in [-0.39, 0.29) is 0 Å². The zero-order chi connectivity index (χ0) is 9.10. The molecule has 2 nitrogen and oxygen atoms in total. The molecule has 0 fully saturated rings. The smallest absolute Gasteiger partial charge is 0.119 e. The van der Waals surface area contributed by atoms with Crippen LogP contribution < -0.4 is 10.1 Å². The minimum Gasteiger partial charge on any atom is -0.497 e. The summed E-state index contributed by atoms with van der Waals surface area (Å²) in [5, 5.41) is 3.39. The third kappa shape index (κ3) is 1.83. The second kappa shape index (κ2) is 3.79. The average molecular weight is 177 g/mol. The molecule has 1 aliphatic rings. The molecule has 1 N–H and O–H groups in total. The van der Waals surface area contributed by atoms with Gasteiger partial charge in [-0.3, -0.25) is 0 Å². The minimum absolute atomic E-state index is 0.973. The van der Waals surface area contributed by atoms with Crippen LogP contribution >= 0.6 is 0 Å². The quantitative estimate of drug-likeness (QED) is 0.699. The number of rotatable bonds is 1. The van der Waals surface area contributed by atoms with E-state index < -0.39 is 0 Å². The summed E-state index contributed by atoms with van der Waals surface area (Å²) in [6, 6.07) is 6.38. The van der Waals surface area contributed by atoms with Gasteiger partial charge in [-0.25, -0.2) is 0 Å². The molecule has 1 aliphatic heterocycles. The highest BCUT2D eigenvalue weighted by atomic mass is 16.5. The van der Waals surface area contributed by atoms with Crippen molar-refractivity contribution in [3.63, 3.8) is 0 Å². The lowest BCUT2D eigenvalue weighted by atomic mass is 10.0. The van der Waals surface area contributed by atoms with Crippen molar-refractivity contribution in [2.75, 3.05) is 20.2 Å². The third-order valence-corrected chi connectivity index (χ3v) is 2.56. The Labute approximate surface area is 78.9 Å². The number of nitrogens with one attached hydrogen (secondary N) is 1. The molecule has 1 aromatic carbocycles. The van der Waals surface area contributed by atoms with Crippen molar-refractivity contribution in [2.45, 2.75) is 12.8 Å². The second-order valence-electron chi connectivity index (χ2n) is 3.38. The van der Waals surface area contributed by atoms with Crippen LogP contribution in [0.25, 0.3) is 0 Å². The van der Waals surface area contributed by atoms with Gasteiger partial charge in [0.2, 0.25) is 0 Å². The Kier molecular flexibility index (Phi) is 2.50. The maximum atomic E-state index is 5.20. The largest absolute Gasteiger partial charge is 0.497 e. The minimum atomic E-state index is 0.973. The van der Waals surface area contributed by atoms with E-state index in [2.05, 4.69) is 17.4 Å². The van der Waals surface area contributed by atoms with Gasteiger partial charge < -0.3 is 10.1 Å². The zero-order valence-electron chi connectivity index (χ0n) is 7.97. The maximum absolute atomic E-state index is 5.20. The summed E-state index contributed by atoms with van der Waals surface area (Å²) in [6.07, 6.45) is 2.26. The molecule has 0 radical (unpaired) electrons. The topological polar surface area (TPSA) is 21.3 Å². The van der Waals surface area contributed by atoms with E-state index in [1.165, 1.54) is 11.1 Å². The van der Waals surface area contributed by atoms with Gasteiger partial charge in [0.15, 0.2) is 0 Å². The number of ether oxygens (including phenoxy) is 1. The van der Waals surface area contributed by atoms with Crippen molar-refractivity contribution in [3.05, 3.63) is 29.3 Å². The van der Waals surface area contributed by atoms with Gasteiger partial charge in [0.25, 0.3) is 0 Å². The van der Waals surface area contributed by atoms with Crippen molar-refractivity contribution in [1.29, 1.82) is 0 Å². The van der Waals surface area contributed by atoms with Crippen LogP contribution in [0.4, 0.5) is 0 Å². The van der Waals surface area contributed by atoms with E-state index in [0.29, 0.717) is 0 Å². The van der Waals surface area contributed by atoms with Gasteiger partial charge in [0, 0.05) is 0 Å². The Morgan fingerprint density at radius 2 is 1.92 bits per heavy atom. The molecule has 0 bridgehead atoms. The molecule has 0 aliphatic carbocycles. The highest BCUT2D eigenvalue weighted by Gasteiger charge is 2.07. The van der Waals surface area contributed by atoms with Crippen LogP contribution in [-0.2, 0) is 12.8 Å². The van der Waals surface area contributed by atoms with Crippen molar-refractivity contribution in [2.24, 2.45) is 0 Å². The first-order valence-electron chi connectivity index (χ1n) is 4.76. The molecule has 0 saturated carbocycles. The third-order valence-electron chi connectivity index (χ3n) is 2.56. The molecular formula is C11H15NO. The number of hydrogen-bond donors (Lipinski definition) is 1. The lowest BCUT2D eigenvalue weighted by molar-refractivity contribution is 0.414. The summed E-state index contributed by atoms with van der Waals surface area (Å²) in [7, 11) is 1.72. The summed E-state index contributed by atoms with van der Waals surface area (Å²) in [5.41, 5.74) is 2.90. The van der Waals surface area contributed by atoms with Crippen molar-refractivity contribution >= 4 is 0 Å². The molecule has 2 heteroatoms. The summed E-state index contributed by atoms with van der Waals surface area (Å²) >= 11 is 0. The first-order chi connectivity index (χ1) is 6.40. The average Bonchev–Trinajstić information content (AvgIpc) is 2.41. The molecule has 0 aromatic heterocycles. The lowest BCUT2D eigenvalue weighted by Gasteiger charge is -2.06. The predicted octanol–water partition coefficient (Wildman–Crippen LogP) is 1.38. The van der Waals surface area contributed by atoms with Crippen LogP contribution in [0.2, 0.25) is 0 Å². The fourth-order valence-corrected chi connectivity index (χ4v) is 1.78. The summed E-state index contributed by atoms with van der Waals surface area (Å²) in [5.74, 6) is 0.973. The number of methoxy groups -OCH3 is 1. The summed E-state index contributed by atoms with van der Waals surface area (Å²) < 4.78 is 5.20. The molecule has 0 spiro atoms. The Morgan fingerprint density at radius 1 is 1.15 bits per heavy atom. The highest BCUT2D eigenvalue weighted by Crippen LogP contribution is 2.19. The van der Waals surface area contributed by atoms with Crippen molar-refractivity contribution < 1.29 is 4.74 Å². The molecule has 0 atom stereocenters. The van der Waals surface area contributed by atoms with Crippen LogP contribution in [0.3, 0.4) is 0 Å². The van der Waals surface area contributed by atoms with E-state index in [9.17, 15) is 0 Å². The van der Waals surface area contributed by atoms with Crippen LogP contribution in [0, 0.1) is 0 Å². The Balaban J connectivity index is 2.32. The molecule has 0 amide bonds. The van der Waals surface area contributed by atoms with Crippen molar-refractivity contribution in [3.8, 4) is 5.75 Å². The van der Waals surface area contributed by atoms with E-state index >= 15 is 0 Å². The van der Waals surface area contributed by atoms with Gasteiger partial charge >= 0.3 is 0 Å². The Bertz CT molecular complexity index is 296. The SMILES string of the molecule is COc1ccc2c(c1)CCNCC2. The standard InChI is InChI=1S/C11H15NO/c1-13-11-3-2-9-4-6-12-7-5-10(9)8-11/h2-3,8,12H,4-7H2,1H3. The first-order valence-corrected chi connectivity index (χ1v) is 4.76. The van der Waals surface area contributed by atoms with E-state index in [0.717, 1.165) is 31.7 Å². The molecule has 2 rings (SSSR count). The monoisotopic (exact) mass is 177 g/mol. The highest BCUT2D eigenvalue weighted by molar-refractivity contribution is 5.36. The first kappa shape index (κ1) is 8.57. The summed E-state index contributed by atoms with van der Waals surface area (Å²) in [4.78, 5) is 0. The fraction of sp³-hybridized carbons (Fsp3) is 0.455. The molecule has 0 unspecified atom stereocenters. The normalized spacial score (nSPS) is 16.1. The maximum Gasteiger partial charge on any atom is 0.119 e. The van der Waals surface area contributed by atoms with Crippen LogP contribution in [-0.4, -0.2) is 20.2 Å². The fourth-order valence-electron chi connectivity index (χ4n) is 1.78. The second-order valence-corrected chi connectivity index (χ2v) is 3.38. The van der Waals surface area contributed by atoms with Crippen LogP contribution in [0.1, 0.15) is 11.1 Å². The number of fused-ring (bicyclic) bond motifs is 1. The Hall–Kier alpha value is -1.02. The zero-order valence-corrected chi connectivity index (χ0v) is 7.97. The van der Waals surface area contributed by atoms with Crippen molar-refractivity contribution in [1.82, 2.24) is 5.32 Å². The molecule has 1 aromatic rings. The summed E-state index contributed by atoms with van der Waals surface area (Å²) in [6.45, 7) is 2.18. The predicted molar refractivity (Wildman–Crippen MR) is 53.3 cm³/mol.